The van der Waals surface area contributed by atoms with Crippen molar-refractivity contribution >= 4 is 12.1 Å². The van der Waals surface area contributed by atoms with Crippen LogP contribution in [0.3, 0.4) is 0 Å². The summed E-state index contributed by atoms with van der Waals surface area (Å²) in [5, 5.41) is 4.01. The SMILES string of the molecule is CCOc1ccccc1C=NNC(=O)c1ccc(C(C)C)cc1. The van der Waals surface area contributed by atoms with Crippen LogP contribution in [0.2, 0.25) is 0 Å². The van der Waals surface area contributed by atoms with Crippen LogP contribution in [-0.2, 0) is 0 Å². The maximum atomic E-state index is 12.1. The van der Waals surface area contributed by atoms with Crippen LogP contribution in [-0.4, -0.2) is 18.7 Å². The van der Waals surface area contributed by atoms with Crippen LogP contribution in [0.1, 0.15) is 48.2 Å². The summed E-state index contributed by atoms with van der Waals surface area (Å²) in [7, 11) is 0. The van der Waals surface area contributed by atoms with Gasteiger partial charge in [0.2, 0.25) is 0 Å². The van der Waals surface area contributed by atoms with Crippen molar-refractivity contribution in [3.05, 3.63) is 65.2 Å². The van der Waals surface area contributed by atoms with E-state index in [4.69, 9.17) is 4.74 Å². The van der Waals surface area contributed by atoms with Crippen LogP contribution in [0.15, 0.2) is 53.6 Å². The second-order valence-corrected chi connectivity index (χ2v) is 5.45. The Labute approximate surface area is 137 Å². The zero-order chi connectivity index (χ0) is 16.7. The normalized spacial score (nSPS) is 11.0. The Balaban J connectivity index is 2.01. The van der Waals surface area contributed by atoms with Crippen LogP contribution in [0.5, 0.6) is 5.75 Å². The highest BCUT2D eigenvalue weighted by Gasteiger charge is 2.05. The van der Waals surface area contributed by atoms with Crippen molar-refractivity contribution in [3.63, 3.8) is 0 Å². The Kier molecular flexibility index (Phi) is 5.92. The van der Waals surface area contributed by atoms with Gasteiger partial charge in [-0.25, -0.2) is 5.43 Å². The predicted molar refractivity (Wildman–Crippen MR) is 93.2 cm³/mol. The summed E-state index contributed by atoms with van der Waals surface area (Å²) in [5.41, 5.74) is 5.16. The van der Waals surface area contributed by atoms with E-state index in [1.807, 2.05) is 55.5 Å². The van der Waals surface area contributed by atoms with Gasteiger partial charge in [0, 0.05) is 11.1 Å². The summed E-state index contributed by atoms with van der Waals surface area (Å²) >= 11 is 0. The van der Waals surface area contributed by atoms with E-state index >= 15 is 0 Å². The quantitative estimate of drug-likeness (QED) is 0.648. The molecular formula is C19H22N2O2. The highest BCUT2D eigenvalue weighted by molar-refractivity contribution is 5.95. The minimum absolute atomic E-state index is 0.231. The van der Waals surface area contributed by atoms with Gasteiger partial charge < -0.3 is 4.74 Å². The molecule has 1 N–H and O–H groups in total. The van der Waals surface area contributed by atoms with E-state index in [1.54, 1.807) is 6.21 Å². The molecule has 0 unspecified atom stereocenters. The molecule has 0 atom stereocenters. The molecule has 0 heterocycles. The van der Waals surface area contributed by atoms with Crippen LogP contribution >= 0.6 is 0 Å². The lowest BCUT2D eigenvalue weighted by atomic mass is 10.0. The van der Waals surface area contributed by atoms with E-state index in [-0.39, 0.29) is 5.91 Å². The van der Waals surface area contributed by atoms with Crippen molar-refractivity contribution in [2.24, 2.45) is 5.10 Å². The third kappa shape index (κ3) is 4.68. The number of rotatable bonds is 6. The standard InChI is InChI=1S/C19H22N2O2/c1-4-23-18-8-6-5-7-17(18)13-20-21-19(22)16-11-9-15(10-12-16)14(2)3/h5-14H,4H2,1-3H3,(H,21,22). The van der Waals surface area contributed by atoms with E-state index < -0.39 is 0 Å². The fourth-order valence-electron chi connectivity index (χ4n) is 2.12. The Morgan fingerprint density at radius 2 is 1.87 bits per heavy atom. The molecule has 0 aliphatic carbocycles. The Bertz CT molecular complexity index is 676. The highest BCUT2D eigenvalue weighted by atomic mass is 16.5. The van der Waals surface area contributed by atoms with E-state index in [1.165, 1.54) is 5.56 Å². The maximum Gasteiger partial charge on any atom is 0.271 e. The molecule has 120 valence electrons. The van der Waals surface area contributed by atoms with Crippen LogP contribution < -0.4 is 10.2 Å². The third-order valence-electron chi connectivity index (χ3n) is 3.43. The van der Waals surface area contributed by atoms with Gasteiger partial charge in [0.1, 0.15) is 5.75 Å². The smallest absolute Gasteiger partial charge is 0.271 e. The van der Waals surface area contributed by atoms with Gasteiger partial charge >= 0.3 is 0 Å². The first kappa shape index (κ1) is 16.7. The van der Waals surface area contributed by atoms with Gasteiger partial charge in [-0.1, -0.05) is 38.1 Å². The lowest BCUT2D eigenvalue weighted by molar-refractivity contribution is 0.0955. The molecule has 0 saturated heterocycles. The third-order valence-corrected chi connectivity index (χ3v) is 3.43. The van der Waals surface area contributed by atoms with E-state index in [0.717, 1.165) is 11.3 Å². The first-order chi connectivity index (χ1) is 11.1. The number of benzene rings is 2. The Morgan fingerprint density at radius 3 is 2.52 bits per heavy atom. The topological polar surface area (TPSA) is 50.7 Å². The van der Waals surface area contributed by atoms with Crippen molar-refractivity contribution in [1.29, 1.82) is 0 Å². The monoisotopic (exact) mass is 310 g/mol. The van der Waals surface area contributed by atoms with E-state index in [9.17, 15) is 4.79 Å². The average molecular weight is 310 g/mol. The predicted octanol–water partition coefficient (Wildman–Crippen LogP) is 3.97. The van der Waals surface area contributed by atoms with Crippen molar-refractivity contribution in [2.45, 2.75) is 26.7 Å². The van der Waals surface area contributed by atoms with Crippen LogP contribution in [0.25, 0.3) is 0 Å². The van der Waals surface area contributed by atoms with Gasteiger partial charge in [0.05, 0.1) is 12.8 Å². The largest absolute Gasteiger partial charge is 0.493 e. The van der Waals surface area contributed by atoms with Crippen molar-refractivity contribution in [2.75, 3.05) is 6.61 Å². The number of para-hydroxylation sites is 1. The minimum atomic E-state index is -0.231. The fraction of sp³-hybridized carbons (Fsp3) is 0.263. The van der Waals surface area contributed by atoms with E-state index in [2.05, 4.69) is 24.4 Å². The van der Waals surface area contributed by atoms with Crippen LogP contribution in [0, 0.1) is 0 Å². The van der Waals surface area contributed by atoms with Gasteiger partial charge in [-0.3, -0.25) is 4.79 Å². The van der Waals surface area contributed by atoms with Gasteiger partial charge in [-0.15, -0.1) is 0 Å². The second-order valence-electron chi connectivity index (χ2n) is 5.45. The summed E-state index contributed by atoms with van der Waals surface area (Å²) in [6.07, 6.45) is 1.59. The Hall–Kier alpha value is -2.62. The molecule has 0 aromatic heterocycles. The van der Waals surface area contributed by atoms with Crippen molar-refractivity contribution < 1.29 is 9.53 Å². The molecule has 0 aliphatic rings. The Morgan fingerprint density at radius 1 is 1.17 bits per heavy atom. The molecule has 4 nitrogen and oxygen atoms in total. The first-order valence-corrected chi connectivity index (χ1v) is 7.77. The van der Waals surface area contributed by atoms with E-state index in [0.29, 0.717) is 18.1 Å². The summed E-state index contributed by atoms with van der Waals surface area (Å²) in [5.74, 6) is 0.958. The average Bonchev–Trinajstić information content (AvgIpc) is 2.56. The van der Waals surface area contributed by atoms with Gasteiger partial charge in [-0.2, -0.15) is 5.10 Å². The van der Waals surface area contributed by atoms with Gasteiger partial charge in [0.25, 0.3) is 5.91 Å². The van der Waals surface area contributed by atoms with Crippen LogP contribution in [0.4, 0.5) is 0 Å². The minimum Gasteiger partial charge on any atom is -0.493 e. The molecule has 23 heavy (non-hydrogen) atoms. The number of hydrogen-bond donors (Lipinski definition) is 1. The van der Waals surface area contributed by atoms with Gasteiger partial charge in [-0.05, 0) is 42.7 Å². The van der Waals surface area contributed by atoms with Gasteiger partial charge in [0.15, 0.2) is 0 Å². The highest BCUT2D eigenvalue weighted by Crippen LogP contribution is 2.16. The first-order valence-electron chi connectivity index (χ1n) is 7.77. The number of amides is 1. The lowest BCUT2D eigenvalue weighted by Gasteiger charge is -2.07. The molecule has 2 rings (SSSR count). The number of carbonyl (C=O) groups is 1. The molecule has 0 aliphatic heterocycles. The molecule has 2 aromatic carbocycles. The lowest BCUT2D eigenvalue weighted by Crippen LogP contribution is -2.17. The summed E-state index contributed by atoms with van der Waals surface area (Å²) in [6.45, 7) is 6.75. The summed E-state index contributed by atoms with van der Waals surface area (Å²) in [6, 6.07) is 15.1. The number of hydrazone groups is 1. The van der Waals surface area contributed by atoms with Crippen molar-refractivity contribution in [1.82, 2.24) is 5.43 Å². The number of carbonyl (C=O) groups excluding carboxylic acids is 1. The maximum absolute atomic E-state index is 12.1. The molecule has 1 amide bonds. The van der Waals surface area contributed by atoms with Crippen molar-refractivity contribution in [3.8, 4) is 5.75 Å². The molecule has 0 bridgehead atoms. The number of ether oxygens (including phenoxy) is 1. The zero-order valence-electron chi connectivity index (χ0n) is 13.7. The molecule has 0 spiro atoms. The zero-order valence-corrected chi connectivity index (χ0v) is 13.7. The molecule has 2 aromatic rings. The summed E-state index contributed by atoms with van der Waals surface area (Å²) < 4.78 is 5.51. The molecule has 0 radical (unpaired) electrons. The molecular weight excluding hydrogens is 288 g/mol. The molecule has 0 fully saturated rings. The molecule has 0 saturated carbocycles. The second kappa shape index (κ2) is 8.13. The number of nitrogens with zero attached hydrogens (tertiary/aromatic N) is 1. The fourth-order valence-corrected chi connectivity index (χ4v) is 2.12. The number of nitrogens with one attached hydrogen (secondary N) is 1. The summed E-state index contributed by atoms with van der Waals surface area (Å²) in [4.78, 5) is 12.1. The number of hydrogen-bond acceptors (Lipinski definition) is 3. The molecule has 4 heteroatoms.